The molecule has 0 heterocycles. The van der Waals surface area contributed by atoms with E-state index in [1.807, 2.05) is 0 Å². The lowest BCUT2D eigenvalue weighted by atomic mass is 9.86. The fraction of sp³-hybridized carbons (Fsp3) is 0.625. The number of hydrogen-bond donors (Lipinski definition) is 2. The molecule has 3 N–H and O–H groups in total. The smallest absolute Gasteiger partial charge is 0.0370 e. The van der Waals surface area contributed by atoms with Crippen LogP contribution in [-0.2, 0) is 5.41 Å². The Bertz CT molecular complexity index is 425. The molecular formula is C16H26N2. The molecule has 100 valence electrons. The van der Waals surface area contributed by atoms with Crippen LogP contribution in [0.15, 0.2) is 18.2 Å². The average Bonchev–Trinajstić information content (AvgIpc) is 3.07. The van der Waals surface area contributed by atoms with Gasteiger partial charge in [-0.2, -0.15) is 0 Å². The van der Waals surface area contributed by atoms with Crippen LogP contribution in [0, 0.1) is 12.3 Å². The second-order valence-electron chi connectivity index (χ2n) is 6.84. The van der Waals surface area contributed by atoms with E-state index in [0.29, 0.717) is 5.41 Å². The Kier molecular flexibility index (Phi) is 3.41. The lowest BCUT2D eigenvalue weighted by Gasteiger charge is -2.22. The van der Waals surface area contributed by atoms with E-state index in [1.165, 1.54) is 29.7 Å². The monoisotopic (exact) mass is 246 g/mol. The van der Waals surface area contributed by atoms with Gasteiger partial charge in [0.2, 0.25) is 0 Å². The molecule has 2 heteroatoms. The van der Waals surface area contributed by atoms with Crippen molar-refractivity contribution in [2.45, 2.75) is 46.0 Å². The van der Waals surface area contributed by atoms with E-state index in [1.54, 1.807) is 0 Å². The van der Waals surface area contributed by atoms with Crippen LogP contribution in [0.5, 0.6) is 0 Å². The van der Waals surface area contributed by atoms with Gasteiger partial charge in [-0.25, -0.2) is 0 Å². The zero-order chi connectivity index (χ0) is 13.4. The minimum Gasteiger partial charge on any atom is -0.384 e. The molecular weight excluding hydrogens is 220 g/mol. The van der Waals surface area contributed by atoms with Crippen molar-refractivity contribution in [3.63, 3.8) is 0 Å². The average molecular weight is 246 g/mol. The van der Waals surface area contributed by atoms with Crippen molar-refractivity contribution in [2.24, 2.45) is 11.1 Å². The Hall–Kier alpha value is -1.02. The molecule has 1 aromatic rings. The van der Waals surface area contributed by atoms with Crippen LogP contribution in [0.3, 0.4) is 0 Å². The summed E-state index contributed by atoms with van der Waals surface area (Å²) in [4.78, 5) is 0. The summed E-state index contributed by atoms with van der Waals surface area (Å²) in [6.45, 7) is 10.8. The van der Waals surface area contributed by atoms with E-state index >= 15 is 0 Å². The molecule has 0 amide bonds. The maximum atomic E-state index is 5.81. The van der Waals surface area contributed by atoms with Crippen LogP contribution in [0.25, 0.3) is 0 Å². The molecule has 0 radical (unpaired) electrons. The number of anilines is 1. The Morgan fingerprint density at radius 1 is 1.28 bits per heavy atom. The van der Waals surface area contributed by atoms with E-state index in [4.69, 9.17) is 5.73 Å². The summed E-state index contributed by atoms with van der Waals surface area (Å²) in [5.74, 6) is 0. The van der Waals surface area contributed by atoms with Crippen molar-refractivity contribution in [1.82, 2.24) is 0 Å². The second-order valence-corrected chi connectivity index (χ2v) is 6.84. The van der Waals surface area contributed by atoms with Crippen LogP contribution in [0.4, 0.5) is 5.69 Å². The minimum absolute atomic E-state index is 0.220. The first kappa shape index (κ1) is 13.4. The molecule has 2 rings (SSSR count). The van der Waals surface area contributed by atoms with Crippen LogP contribution in [0.1, 0.15) is 44.7 Å². The van der Waals surface area contributed by atoms with Gasteiger partial charge < -0.3 is 11.1 Å². The first-order valence-electron chi connectivity index (χ1n) is 6.91. The molecule has 0 spiro atoms. The summed E-state index contributed by atoms with van der Waals surface area (Å²) >= 11 is 0. The van der Waals surface area contributed by atoms with Crippen molar-refractivity contribution in [1.29, 1.82) is 0 Å². The van der Waals surface area contributed by atoms with Gasteiger partial charge in [0.1, 0.15) is 0 Å². The van der Waals surface area contributed by atoms with Gasteiger partial charge in [0.25, 0.3) is 0 Å². The quantitative estimate of drug-likeness (QED) is 0.854. The van der Waals surface area contributed by atoms with Crippen molar-refractivity contribution < 1.29 is 0 Å². The van der Waals surface area contributed by atoms with Gasteiger partial charge in [-0.3, -0.25) is 0 Å². The van der Waals surface area contributed by atoms with Gasteiger partial charge in [0, 0.05) is 12.2 Å². The van der Waals surface area contributed by atoms with Gasteiger partial charge >= 0.3 is 0 Å². The number of nitrogens with two attached hydrogens (primary N) is 1. The van der Waals surface area contributed by atoms with Crippen LogP contribution >= 0.6 is 0 Å². The summed E-state index contributed by atoms with van der Waals surface area (Å²) in [6, 6.07) is 6.74. The highest BCUT2D eigenvalue weighted by molar-refractivity contribution is 5.53. The van der Waals surface area contributed by atoms with E-state index in [0.717, 1.165) is 13.1 Å². The van der Waals surface area contributed by atoms with Crippen molar-refractivity contribution >= 4 is 5.69 Å². The number of hydrogen-bond acceptors (Lipinski definition) is 2. The summed E-state index contributed by atoms with van der Waals surface area (Å²) in [5.41, 5.74) is 10.4. The number of benzene rings is 1. The fourth-order valence-corrected chi connectivity index (χ4v) is 2.24. The predicted molar refractivity (Wildman–Crippen MR) is 79.1 cm³/mol. The fourth-order valence-electron chi connectivity index (χ4n) is 2.24. The number of aryl methyl sites for hydroxylation is 1. The Labute approximate surface area is 111 Å². The van der Waals surface area contributed by atoms with E-state index in [9.17, 15) is 0 Å². The Balaban J connectivity index is 2.06. The molecule has 0 unspecified atom stereocenters. The standard InChI is InChI=1S/C16H26N2/c1-12-9-13(15(2,3)4)5-6-14(12)18-11-16(10-17)7-8-16/h5-6,9,18H,7-8,10-11,17H2,1-4H3. The zero-order valence-electron chi connectivity index (χ0n) is 12.1. The van der Waals surface area contributed by atoms with Crippen LogP contribution in [0.2, 0.25) is 0 Å². The molecule has 1 aliphatic rings. The van der Waals surface area contributed by atoms with E-state index < -0.39 is 0 Å². The Morgan fingerprint density at radius 2 is 1.94 bits per heavy atom. The first-order chi connectivity index (χ1) is 8.36. The third kappa shape index (κ3) is 2.86. The summed E-state index contributed by atoms with van der Waals surface area (Å²) in [5, 5.41) is 3.57. The molecule has 0 aromatic heterocycles. The van der Waals surface area contributed by atoms with Crippen molar-refractivity contribution in [3.05, 3.63) is 29.3 Å². The molecule has 0 saturated heterocycles. The highest BCUT2D eigenvalue weighted by Gasteiger charge is 2.40. The Morgan fingerprint density at radius 3 is 2.39 bits per heavy atom. The maximum Gasteiger partial charge on any atom is 0.0370 e. The molecule has 0 atom stereocenters. The number of rotatable bonds is 4. The lowest BCUT2D eigenvalue weighted by molar-refractivity contribution is 0.555. The summed E-state index contributed by atoms with van der Waals surface area (Å²) in [7, 11) is 0. The topological polar surface area (TPSA) is 38.0 Å². The molecule has 1 aromatic carbocycles. The SMILES string of the molecule is Cc1cc(C(C)(C)C)ccc1NCC1(CN)CC1. The maximum absolute atomic E-state index is 5.81. The van der Waals surface area contributed by atoms with E-state index in [2.05, 4.69) is 51.2 Å². The summed E-state index contributed by atoms with van der Waals surface area (Å²) < 4.78 is 0. The van der Waals surface area contributed by atoms with Gasteiger partial charge in [-0.15, -0.1) is 0 Å². The highest BCUT2D eigenvalue weighted by Crippen LogP contribution is 2.44. The van der Waals surface area contributed by atoms with Crippen LogP contribution in [-0.4, -0.2) is 13.1 Å². The molecule has 0 aliphatic heterocycles. The van der Waals surface area contributed by atoms with Gasteiger partial charge in [-0.05, 0) is 54.3 Å². The molecule has 1 saturated carbocycles. The summed E-state index contributed by atoms with van der Waals surface area (Å²) in [6.07, 6.45) is 2.55. The third-order valence-electron chi connectivity index (χ3n) is 4.14. The highest BCUT2D eigenvalue weighted by atomic mass is 14.9. The van der Waals surface area contributed by atoms with Crippen molar-refractivity contribution in [2.75, 3.05) is 18.4 Å². The first-order valence-corrected chi connectivity index (χ1v) is 6.91. The van der Waals surface area contributed by atoms with Gasteiger partial charge in [0.05, 0.1) is 0 Å². The third-order valence-corrected chi connectivity index (χ3v) is 4.14. The largest absolute Gasteiger partial charge is 0.384 e. The molecule has 1 fully saturated rings. The van der Waals surface area contributed by atoms with Crippen LogP contribution < -0.4 is 11.1 Å². The number of nitrogens with one attached hydrogen (secondary N) is 1. The minimum atomic E-state index is 0.220. The zero-order valence-corrected chi connectivity index (χ0v) is 12.1. The van der Waals surface area contributed by atoms with Gasteiger partial charge in [0.15, 0.2) is 0 Å². The normalized spacial score (nSPS) is 17.6. The lowest BCUT2D eigenvalue weighted by Crippen LogP contribution is -2.24. The van der Waals surface area contributed by atoms with Crippen molar-refractivity contribution in [3.8, 4) is 0 Å². The van der Waals surface area contributed by atoms with E-state index in [-0.39, 0.29) is 5.41 Å². The van der Waals surface area contributed by atoms with Gasteiger partial charge in [-0.1, -0.05) is 32.9 Å². The molecule has 1 aliphatic carbocycles. The molecule has 2 nitrogen and oxygen atoms in total. The second kappa shape index (κ2) is 4.58. The molecule has 0 bridgehead atoms. The molecule has 18 heavy (non-hydrogen) atoms. The predicted octanol–water partition coefficient (Wildman–Crippen LogP) is 3.44.